The van der Waals surface area contributed by atoms with Crippen LogP contribution < -0.4 is 0 Å². The minimum absolute atomic E-state index is 0.00331. The van der Waals surface area contributed by atoms with Gasteiger partial charge < -0.3 is 0 Å². The monoisotopic (exact) mass is 344 g/mol. The molecule has 5 aromatic rings. The van der Waals surface area contributed by atoms with Gasteiger partial charge in [-0.15, -0.1) is 0 Å². The van der Waals surface area contributed by atoms with Gasteiger partial charge in [-0.2, -0.15) is 0 Å². The average Bonchev–Trinajstić information content (AvgIpc) is 2.92. The van der Waals surface area contributed by atoms with Crippen LogP contribution in [-0.2, 0) is 5.41 Å². The summed E-state index contributed by atoms with van der Waals surface area (Å²) in [5.74, 6) is 0. The molecule has 0 N–H and O–H groups in total. The van der Waals surface area contributed by atoms with Crippen LogP contribution in [0.25, 0.3) is 43.4 Å². The van der Waals surface area contributed by atoms with Gasteiger partial charge in [-0.05, 0) is 78.8 Å². The summed E-state index contributed by atoms with van der Waals surface area (Å²) in [6, 6.07) is 31.5. The van der Waals surface area contributed by atoms with Crippen LogP contribution >= 0.6 is 0 Å². The zero-order valence-corrected chi connectivity index (χ0v) is 15.6. The molecule has 5 aromatic carbocycles. The summed E-state index contributed by atoms with van der Waals surface area (Å²) in [4.78, 5) is 0. The molecule has 0 heterocycles. The second kappa shape index (κ2) is 4.98. The van der Waals surface area contributed by atoms with E-state index in [-0.39, 0.29) is 5.41 Å². The largest absolute Gasteiger partial charge is 0.0616 e. The third-order valence-corrected chi connectivity index (χ3v) is 6.36. The Bertz CT molecular complexity index is 1390. The predicted octanol–water partition coefficient (Wildman–Crippen LogP) is 7.45. The van der Waals surface area contributed by atoms with Crippen LogP contribution in [0.15, 0.2) is 84.9 Å². The van der Waals surface area contributed by atoms with E-state index in [2.05, 4.69) is 98.8 Å². The van der Waals surface area contributed by atoms with Crippen molar-refractivity contribution in [1.29, 1.82) is 0 Å². The van der Waals surface area contributed by atoms with Crippen LogP contribution in [0.4, 0.5) is 0 Å². The summed E-state index contributed by atoms with van der Waals surface area (Å²) in [6.45, 7) is 4.75. The summed E-state index contributed by atoms with van der Waals surface area (Å²) in [5.41, 5.74) is 5.69. The topological polar surface area (TPSA) is 0 Å². The fourth-order valence-electron chi connectivity index (χ4n) is 5.03. The summed E-state index contributed by atoms with van der Waals surface area (Å²) >= 11 is 0. The molecule has 0 nitrogen and oxygen atoms in total. The highest BCUT2D eigenvalue weighted by Crippen LogP contribution is 2.52. The minimum Gasteiger partial charge on any atom is -0.0616 e. The quantitative estimate of drug-likeness (QED) is 0.256. The van der Waals surface area contributed by atoms with Crippen LogP contribution in [0, 0.1) is 0 Å². The van der Waals surface area contributed by atoms with E-state index in [0.29, 0.717) is 0 Å². The molecule has 0 heteroatoms. The molecule has 0 bridgehead atoms. The van der Waals surface area contributed by atoms with E-state index < -0.39 is 0 Å². The molecule has 0 spiro atoms. The predicted molar refractivity (Wildman–Crippen MR) is 117 cm³/mol. The van der Waals surface area contributed by atoms with Crippen molar-refractivity contribution in [3.05, 3.63) is 96.1 Å². The maximum Gasteiger partial charge on any atom is 0.0165 e. The maximum atomic E-state index is 2.40. The van der Waals surface area contributed by atoms with E-state index >= 15 is 0 Å². The van der Waals surface area contributed by atoms with E-state index in [1.165, 1.54) is 54.6 Å². The smallest absolute Gasteiger partial charge is 0.0165 e. The van der Waals surface area contributed by atoms with Gasteiger partial charge in [0.25, 0.3) is 0 Å². The summed E-state index contributed by atoms with van der Waals surface area (Å²) < 4.78 is 0. The fraction of sp³-hybridized carbons (Fsp3) is 0.111. The van der Waals surface area contributed by atoms with Crippen molar-refractivity contribution in [1.82, 2.24) is 0 Å². The van der Waals surface area contributed by atoms with Crippen LogP contribution in [0.2, 0.25) is 0 Å². The molecule has 0 fully saturated rings. The van der Waals surface area contributed by atoms with Gasteiger partial charge in [0.1, 0.15) is 0 Å². The molecule has 6 rings (SSSR count). The van der Waals surface area contributed by atoms with Gasteiger partial charge in [0.05, 0.1) is 0 Å². The summed E-state index contributed by atoms with van der Waals surface area (Å²) in [5, 5.41) is 7.99. The molecule has 0 unspecified atom stereocenters. The third kappa shape index (κ3) is 1.93. The molecule has 0 saturated carbocycles. The Balaban J connectivity index is 1.76. The number of hydrogen-bond donors (Lipinski definition) is 0. The minimum atomic E-state index is -0.00331. The highest BCUT2D eigenvalue weighted by atomic mass is 14.4. The molecule has 27 heavy (non-hydrogen) atoms. The highest BCUT2D eigenvalue weighted by molar-refractivity contribution is 6.05. The second-order valence-electron chi connectivity index (χ2n) is 8.28. The van der Waals surface area contributed by atoms with E-state index in [1.54, 1.807) is 0 Å². The van der Waals surface area contributed by atoms with Gasteiger partial charge in [-0.25, -0.2) is 0 Å². The van der Waals surface area contributed by atoms with Gasteiger partial charge >= 0.3 is 0 Å². The lowest BCUT2D eigenvalue weighted by atomic mass is 9.79. The van der Waals surface area contributed by atoms with Crippen molar-refractivity contribution in [2.24, 2.45) is 0 Å². The first kappa shape index (κ1) is 15.0. The summed E-state index contributed by atoms with van der Waals surface area (Å²) in [7, 11) is 0. The van der Waals surface area contributed by atoms with Gasteiger partial charge in [0.15, 0.2) is 0 Å². The van der Waals surface area contributed by atoms with E-state index in [9.17, 15) is 0 Å². The van der Waals surface area contributed by atoms with E-state index in [0.717, 1.165) is 0 Å². The first-order valence-corrected chi connectivity index (χ1v) is 9.62. The molecule has 0 aromatic heterocycles. The van der Waals surface area contributed by atoms with Gasteiger partial charge in [0.2, 0.25) is 0 Å². The zero-order valence-electron chi connectivity index (χ0n) is 15.6. The van der Waals surface area contributed by atoms with Crippen molar-refractivity contribution in [3.8, 4) is 11.1 Å². The standard InChI is InChI=1S/C27H20/c1-27(2)25-16-20-10-6-5-9-19(20)15-24(25)22-12-11-21-13-17-7-3-4-8-18(17)14-23(21)26(22)27/h3-16H,1-2H3. The number of rotatable bonds is 0. The molecule has 1 aliphatic carbocycles. The lowest BCUT2D eigenvalue weighted by Crippen LogP contribution is -2.15. The number of benzene rings is 5. The first-order chi connectivity index (χ1) is 13.1. The summed E-state index contributed by atoms with van der Waals surface area (Å²) in [6.07, 6.45) is 0. The molecule has 0 radical (unpaired) electrons. The first-order valence-electron chi connectivity index (χ1n) is 9.62. The van der Waals surface area contributed by atoms with Crippen LogP contribution in [0.3, 0.4) is 0 Å². The van der Waals surface area contributed by atoms with Gasteiger partial charge in [0, 0.05) is 5.41 Å². The van der Waals surface area contributed by atoms with Crippen molar-refractivity contribution < 1.29 is 0 Å². The third-order valence-electron chi connectivity index (χ3n) is 6.36. The number of hydrogen-bond acceptors (Lipinski definition) is 0. The normalized spacial score (nSPS) is 14.6. The Labute approximate surface area is 159 Å². The molecule has 1 aliphatic rings. The Morgan fingerprint density at radius 1 is 0.519 bits per heavy atom. The van der Waals surface area contributed by atoms with Crippen LogP contribution in [0.1, 0.15) is 25.0 Å². The van der Waals surface area contributed by atoms with Crippen LogP contribution in [0.5, 0.6) is 0 Å². The van der Waals surface area contributed by atoms with E-state index in [1.807, 2.05) is 0 Å². The second-order valence-corrected chi connectivity index (χ2v) is 8.28. The van der Waals surface area contributed by atoms with Crippen molar-refractivity contribution in [2.75, 3.05) is 0 Å². The van der Waals surface area contributed by atoms with Crippen LogP contribution in [-0.4, -0.2) is 0 Å². The molecule has 0 saturated heterocycles. The number of fused-ring (bicyclic) bond motifs is 7. The fourth-order valence-corrected chi connectivity index (χ4v) is 5.03. The zero-order chi connectivity index (χ0) is 18.2. The highest BCUT2D eigenvalue weighted by Gasteiger charge is 2.37. The molecular weight excluding hydrogens is 324 g/mol. The lowest BCUT2D eigenvalue weighted by Gasteiger charge is -2.23. The lowest BCUT2D eigenvalue weighted by molar-refractivity contribution is 0.667. The van der Waals surface area contributed by atoms with Crippen molar-refractivity contribution in [2.45, 2.75) is 19.3 Å². The maximum absolute atomic E-state index is 2.40. The van der Waals surface area contributed by atoms with Gasteiger partial charge in [-0.3, -0.25) is 0 Å². The molecule has 0 aliphatic heterocycles. The van der Waals surface area contributed by atoms with E-state index in [4.69, 9.17) is 0 Å². The molecule has 0 atom stereocenters. The Hall–Kier alpha value is -3.12. The SMILES string of the molecule is CC1(C)c2cc3ccccc3cc2-c2ccc3cc4ccccc4cc3c21. The Morgan fingerprint density at radius 3 is 1.81 bits per heavy atom. The van der Waals surface area contributed by atoms with Gasteiger partial charge in [-0.1, -0.05) is 74.5 Å². The average molecular weight is 344 g/mol. The van der Waals surface area contributed by atoms with Crippen molar-refractivity contribution in [3.63, 3.8) is 0 Å². The van der Waals surface area contributed by atoms with Crippen molar-refractivity contribution >= 4 is 32.3 Å². The molecular formula is C27H20. The molecule has 128 valence electrons. The Kier molecular flexibility index (Phi) is 2.77. The Morgan fingerprint density at radius 2 is 1.11 bits per heavy atom. The molecule has 0 amide bonds.